The zero-order valence-corrected chi connectivity index (χ0v) is 12.7. The summed E-state index contributed by atoms with van der Waals surface area (Å²) < 4.78 is 23.4. The average molecular weight is 297 g/mol. The molecule has 1 aliphatic rings. The van der Waals surface area contributed by atoms with Crippen molar-refractivity contribution in [3.05, 3.63) is 29.8 Å². The maximum Gasteiger partial charge on any atom is 0.154 e. The Bertz CT molecular complexity index is 525. The summed E-state index contributed by atoms with van der Waals surface area (Å²) in [6.07, 6.45) is 3.47. The van der Waals surface area contributed by atoms with Crippen molar-refractivity contribution in [2.24, 2.45) is 0 Å². The lowest BCUT2D eigenvalue weighted by Crippen LogP contribution is -2.36. The number of rotatable bonds is 6. The Kier molecular flexibility index (Phi) is 5.05. The van der Waals surface area contributed by atoms with E-state index in [1.807, 2.05) is 12.1 Å². The smallest absolute Gasteiger partial charge is 0.154 e. The summed E-state index contributed by atoms with van der Waals surface area (Å²) in [6.45, 7) is 2.65. The Labute approximate surface area is 121 Å². The highest BCUT2D eigenvalue weighted by Gasteiger charge is 2.30. The number of hydrogen-bond acceptors (Lipinski definition) is 4. The zero-order chi connectivity index (χ0) is 14.6. The van der Waals surface area contributed by atoms with Gasteiger partial charge in [-0.1, -0.05) is 12.1 Å². The van der Waals surface area contributed by atoms with Crippen LogP contribution < -0.4 is 5.32 Å². The number of hydrogen-bond donors (Lipinski definition) is 2. The Morgan fingerprint density at radius 2 is 2.05 bits per heavy atom. The van der Waals surface area contributed by atoms with Gasteiger partial charge < -0.3 is 10.4 Å². The molecule has 1 saturated heterocycles. The maximum atomic E-state index is 11.7. The summed E-state index contributed by atoms with van der Waals surface area (Å²) in [5.74, 6) is 0.632. The molecule has 0 aliphatic carbocycles. The third-order valence-electron chi connectivity index (χ3n) is 3.96. The van der Waals surface area contributed by atoms with Crippen LogP contribution in [0.3, 0.4) is 0 Å². The van der Waals surface area contributed by atoms with Gasteiger partial charge in [0.25, 0.3) is 0 Å². The third kappa shape index (κ3) is 4.21. The van der Waals surface area contributed by atoms with Crippen molar-refractivity contribution < 1.29 is 13.5 Å². The maximum absolute atomic E-state index is 11.7. The lowest BCUT2D eigenvalue weighted by Gasteiger charge is -2.17. The lowest BCUT2D eigenvalue weighted by atomic mass is 10.1. The molecule has 1 heterocycles. The normalized spacial score (nSPS) is 22.8. The first-order valence-electron chi connectivity index (χ1n) is 7.20. The number of aryl methyl sites for hydroxylation is 1. The van der Waals surface area contributed by atoms with E-state index in [0.29, 0.717) is 18.3 Å². The minimum atomic E-state index is -2.84. The zero-order valence-electron chi connectivity index (χ0n) is 11.9. The molecule has 112 valence electrons. The van der Waals surface area contributed by atoms with Crippen molar-refractivity contribution in [3.8, 4) is 5.75 Å². The molecule has 1 aliphatic heterocycles. The fourth-order valence-corrected chi connectivity index (χ4v) is 4.35. The van der Waals surface area contributed by atoms with Gasteiger partial charge in [0.05, 0.1) is 11.0 Å². The van der Waals surface area contributed by atoms with Crippen LogP contribution >= 0.6 is 0 Å². The van der Waals surface area contributed by atoms with Gasteiger partial charge in [-0.3, -0.25) is 0 Å². The van der Waals surface area contributed by atoms with Crippen LogP contribution in [0.4, 0.5) is 0 Å². The Morgan fingerprint density at radius 1 is 1.35 bits per heavy atom. The van der Waals surface area contributed by atoms with Gasteiger partial charge >= 0.3 is 0 Å². The quantitative estimate of drug-likeness (QED) is 0.841. The van der Waals surface area contributed by atoms with Crippen molar-refractivity contribution in [2.45, 2.75) is 43.9 Å². The van der Waals surface area contributed by atoms with Gasteiger partial charge in [-0.15, -0.1) is 0 Å². The van der Waals surface area contributed by atoms with E-state index in [1.54, 1.807) is 12.1 Å². The number of benzene rings is 1. The second kappa shape index (κ2) is 6.59. The molecule has 1 aromatic rings. The first-order valence-corrected chi connectivity index (χ1v) is 8.92. The van der Waals surface area contributed by atoms with E-state index >= 15 is 0 Å². The largest absolute Gasteiger partial charge is 0.508 e. The molecule has 4 nitrogen and oxygen atoms in total. The van der Waals surface area contributed by atoms with Crippen LogP contribution in [0, 0.1) is 0 Å². The van der Waals surface area contributed by atoms with Crippen LogP contribution in [-0.2, 0) is 16.3 Å². The van der Waals surface area contributed by atoms with E-state index in [-0.39, 0.29) is 11.0 Å². The number of phenols is 1. The highest BCUT2D eigenvalue weighted by atomic mass is 32.2. The van der Waals surface area contributed by atoms with E-state index in [0.717, 1.165) is 25.7 Å². The van der Waals surface area contributed by atoms with Crippen molar-refractivity contribution >= 4 is 9.84 Å². The van der Waals surface area contributed by atoms with E-state index in [4.69, 9.17) is 0 Å². The molecule has 0 radical (unpaired) electrons. The fraction of sp³-hybridized carbons (Fsp3) is 0.600. The number of sulfone groups is 1. The molecule has 2 atom stereocenters. The molecule has 20 heavy (non-hydrogen) atoms. The molecule has 0 aromatic heterocycles. The molecule has 0 amide bonds. The van der Waals surface area contributed by atoms with Crippen LogP contribution in [0.5, 0.6) is 5.75 Å². The summed E-state index contributed by atoms with van der Waals surface area (Å²) in [5, 5.41) is 12.4. The van der Waals surface area contributed by atoms with Gasteiger partial charge in [0.15, 0.2) is 9.84 Å². The molecule has 5 heteroatoms. The van der Waals surface area contributed by atoms with Gasteiger partial charge in [0.1, 0.15) is 5.75 Å². The molecule has 2 N–H and O–H groups in total. The lowest BCUT2D eigenvalue weighted by molar-refractivity contribution is 0.474. The minimum Gasteiger partial charge on any atom is -0.508 e. The van der Waals surface area contributed by atoms with Crippen molar-refractivity contribution in [2.75, 3.05) is 12.3 Å². The Balaban J connectivity index is 1.73. The van der Waals surface area contributed by atoms with Crippen molar-refractivity contribution in [1.82, 2.24) is 5.32 Å². The third-order valence-corrected chi connectivity index (χ3v) is 6.23. The number of phenolic OH excluding ortho intramolecular Hbond substituents is 1. The predicted molar refractivity (Wildman–Crippen MR) is 80.7 cm³/mol. The molecular formula is C15H23NO3S. The summed E-state index contributed by atoms with van der Waals surface area (Å²) >= 11 is 0. The molecule has 1 aromatic carbocycles. The van der Waals surface area contributed by atoms with E-state index in [1.165, 1.54) is 5.56 Å². The standard InChI is InChI=1S/C15H23NO3S/c1-12(4-5-13-6-8-14(17)9-7-13)16-11-15-3-2-10-20(15,18)19/h6-9,12,15-17H,2-5,10-11H2,1H3. The molecule has 2 unspecified atom stereocenters. The Morgan fingerprint density at radius 3 is 2.65 bits per heavy atom. The fourth-order valence-electron chi connectivity index (χ4n) is 2.57. The van der Waals surface area contributed by atoms with Crippen molar-refractivity contribution in [3.63, 3.8) is 0 Å². The van der Waals surface area contributed by atoms with Crippen LogP contribution in [0.1, 0.15) is 31.7 Å². The summed E-state index contributed by atoms with van der Waals surface area (Å²) in [5.41, 5.74) is 1.19. The SMILES string of the molecule is CC(CCc1ccc(O)cc1)NCC1CCCS1(=O)=O. The van der Waals surface area contributed by atoms with Gasteiger partial charge in [0.2, 0.25) is 0 Å². The molecule has 1 fully saturated rings. The monoisotopic (exact) mass is 297 g/mol. The molecule has 0 spiro atoms. The highest BCUT2D eigenvalue weighted by Crippen LogP contribution is 2.19. The number of nitrogens with one attached hydrogen (secondary N) is 1. The van der Waals surface area contributed by atoms with Gasteiger partial charge in [-0.2, -0.15) is 0 Å². The van der Waals surface area contributed by atoms with Crippen molar-refractivity contribution in [1.29, 1.82) is 0 Å². The van der Waals surface area contributed by atoms with Crippen LogP contribution in [0.2, 0.25) is 0 Å². The van der Waals surface area contributed by atoms with E-state index < -0.39 is 9.84 Å². The van der Waals surface area contributed by atoms with Gasteiger partial charge in [-0.05, 0) is 50.3 Å². The van der Waals surface area contributed by atoms with Gasteiger partial charge in [0, 0.05) is 12.6 Å². The predicted octanol–water partition coefficient (Wildman–Crippen LogP) is 1.88. The second-order valence-corrected chi connectivity index (χ2v) is 8.05. The van der Waals surface area contributed by atoms with Crippen LogP contribution in [-0.4, -0.2) is 37.1 Å². The van der Waals surface area contributed by atoms with Gasteiger partial charge in [-0.25, -0.2) is 8.42 Å². The first-order chi connectivity index (χ1) is 9.47. The second-order valence-electron chi connectivity index (χ2n) is 5.65. The molecule has 0 bridgehead atoms. The minimum absolute atomic E-state index is 0.196. The van der Waals surface area contributed by atoms with Crippen LogP contribution in [0.15, 0.2) is 24.3 Å². The summed E-state index contributed by atoms with van der Waals surface area (Å²) in [4.78, 5) is 0. The summed E-state index contributed by atoms with van der Waals surface area (Å²) in [7, 11) is -2.84. The number of aromatic hydroxyl groups is 1. The molecule has 2 rings (SSSR count). The van der Waals surface area contributed by atoms with E-state index in [9.17, 15) is 13.5 Å². The average Bonchev–Trinajstić information content (AvgIpc) is 2.74. The first kappa shape index (κ1) is 15.3. The molecule has 0 saturated carbocycles. The highest BCUT2D eigenvalue weighted by molar-refractivity contribution is 7.92. The van der Waals surface area contributed by atoms with E-state index in [2.05, 4.69) is 12.2 Å². The topological polar surface area (TPSA) is 66.4 Å². The summed E-state index contributed by atoms with van der Waals surface area (Å²) in [6, 6.07) is 7.52. The van der Waals surface area contributed by atoms with Crippen LogP contribution in [0.25, 0.3) is 0 Å². The Hall–Kier alpha value is -1.07. The molecular weight excluding hydrogens is 274 g/mol.